The van der Waals surface area contributed by atoms with Crippen molar-refractivity contribution in [2.45, 2.75) is 42.9 Å². The van der Waals surface area contributed by atoms with E-state index in [1.54, 1.807) is 31.4 Å². The molecule has 1 aliphatic carbocycles. The lowest BCUT2D eigenvalue weighted by atomic mass is 9.84. The highest BCUT2D eigenvalue weighted by molar-refractivity contribution is 7.90. The number of hydrogen-bond donors (Lipinski definition) is 1. The Bertz CT molecular complexity index is 1100. The molecule has 1 fully saturated rings. The topological polar surface area (TPSA) is 87.2 Å². The second-order valence-electron chi connectivity index (χ2n) is 7.44. The van der Waals surface area contributed by atoms with Crippen LogP contribution in [0.2, 0.25) is 0 Å². The Balaban J connectivity index is 1.64. The maximum atomic E-state index is 13.1. The molecule has 0 radical (unpaired) electrons. The largest absolute Gasteiger partial charge is 0.497 e. The Hall–Kier alpha value is -2.80. The molecule has 0 atom stereocenters. The zero-order chi connectivity index (χ0) is 20.4. The van der Waals surface area contributed by atoms with Crippen molar-refractivity contribution < 1.29 is 13.2 Å². The molecule has 0 amide bonds. The summed E-state index contributed by atoms with van der Waals surface area (Å²) in [6.45, 7) is 0. The number of aromatic nitrogens is 2. The molecule has 0 bridgehead atoms. The van der Waals surface area contributed by atoms with Crippen LogP contribution in [0.5, 0.6) is 5.75 Å². The van der Waals surface area contributed by atoms with E-state index in [0.29, 0.717) is 17.4 Å². The lowest BCUT2D eigenvalue weighted by molar-refractivity contribution is 0.415. The molecule has 1 aliphatic rings. The smallest absolute Gasteiger partial charge is 0.284 e. The third-order valence-corrected chi connectivity index (χ3v) is 7.17. The Morgan fingerprint density at radius 3 is 2.45 bits per heavy atom. The maximum absolute atomic E-state index is 13.1. The summed E-state index contributed by atoms with van der Waals surface area (Å²) in [7, 11) is -2.29. The summed E-state index contributed by atoms with van der Waals surface area (Å²) in [6, 6.07) is 16.0. The van der Waals surface area contributed by atoms with Crippen LogP contribution in [0.3, 0.4) is 0 Å². The van der Waals surface area contributed by atoms with Gasteiger partial charge in [-0.15, -0.1) is 4.09 Å². The van der Waals surface area contributed by atoms with Crippen molar-refractivity contribution in [1.82, 2.24) is 9.19 Å². The van der Waals surface area contributed by atoms with Crippen molar-refractivity contribution in [2.24, 2.45) is 0 Å². The number of anilines is 1. The Morgan fingerprint density at radius 1 is 1.03 bits per heavy atom. The van der Waals surface area contributed by atoms with E-state index < -0.39 is 10.0 Å². The number of rotatable bonds is 5. The fraction of sp³-hybridized carbons (Fsp3) is 0.318. The highest BCUT2D eigenvalue weighted by Gasteiger charge is 2.23. The molecule has 3 aromatic rings. The molecular formula is C22H25N3O3S. The summed E-state index contributed by atoms with van der Waals surface area (Å²) in [5.41, 5.74) is 8.42. The molecule has 0 saturated heterocycles. The average Bonchev–Trinajstić information content (AvgIpc) is 3.17. The van der Waals surface area contributed by atoms with Crippen molar-refractivity contribution in [3.8, 4) is 17.0 Å². The predicted octanol–water partition coefficient (Wildman–Crippen LogP) is 4.43. The first-order valence-corrected chi connectivity index (χ1v) is 11.3. The van der Waals surface area contributed by atoms with Gasteiger partial charge in [-0.25, -0.2) is 0 Å². The molecule has 4 rings (SSSR count). The van der Waals surface area contributed by atoms with Gasteiger partial charge in [-0.3, -0.25) is 0 Å². The molecule has 0 aliphatic heterocycles. The number of ether oxygens (including phenoxy) is 1. The first-order valence-electron chi connectivity index (χ1n) is 9.84. The van der Waals surface area contributed by atoms with Crippen molar-refractivity contribution in [3.05, 3.63) is 60.2 Å². The fourth-order valence-electron chi connectivity index (χ4n) is 3.94. The lowest BCUT2D eigenvalue weighted by Crippen LogP contribution is -2.17. The number of benzene rings is 2. The summed E-state index contributed by atoms with van der Waals surface area (Å²) in [5.74, 6) is 1.26. The van der Waals surface area contributed by atoms with Gasteiger partial charge in [0.25, 0.3) is 10.0 Å². The van der Waals surface area contributed by atoms with Gasteiger partial charge in [-0.2, -0.15) is 13.5 Å². The van der Waals surface area contributed by atoms with Crippen molar-refractivity contribution in [3.63, 3.8) is 0 Å². The van der Waals surface area contributed by atoms with Gasteiger partial charge < -0.3 is 10.5 Å². The van der Waals surface area contributed by atoms with E-state index in [4.69, 9.17) is 10.5 Å². The monoisotopic (exact) mass is 411 g/mol. The Morgan fingerprint density at radius 2 is 1.76 bits per heavy atom. The van der Waals surface area contributed by atoms with E-state index in [9.17, 15) is 8.42 Å². The summed E-state index contributed by atoms with van der Waals surface area (Å²) < 4.78 is 32.3. The van der Waals surface area contributed by atoms with E-state index in [2.05, 4.69) is 5.10 Å². The summed E-state index contributed by atoms with van der Waals surface area (Å²) >= 11 is 0. The van der Waals surface area contributed by atoms with Crippen molar-refractivity contribution in [1.29, 1.82) is 0 Å². The quantitative estimate of drug-likeness (QED) is 0.671. The van der Waals surface area contributed by atoms with Gasteiger partial charge in [0.15, 0.2) is 0 Å². The van der Waals surface area contributed by atoms with Crippen molar-refractivity contribution in [2.75, 3.05) is 12.8 Å². The lowest BCUT2D eigenvalue weighted by Gasteiger charge is -2.22. The van der Waals surface area contributed by atoms with Gasteiger partial charge in [0.05, 0.1) is 17.7 Å². The molecule has 6 nitrogen and oxygen atoms in total. The molecular weight excluding hydrogens is 386 g/mol. The number of nitrogens with zero attached hydrogens (tertiary/aromatic N) is 2. The zero-order valence-corrected chi connectivity index (χ0v) is 17.2. The van der Waals surface area contributed by atoms with Crippen LogP contribution < -0.4 is 10.5 Å². The highest BCUT2D eigenvalue weighted by Crippen LogP contribution is 2.33. The molecule has 1 heterocycles. The molecule has 0 unspecified atom stereocenters. The number of nitrogen functional groups attached to an aromatic ring is 1. The van der Waals surface area contributed by atoms with Gasteiger partial charge in [0.1, 0.15) is 11.6 Å². The molecule has 2 N–H and O–H groups in total. The van der Waals surface area contributed by atoms with Crippen LogP contribution in [0.25, 0.3) is 11.3 Å². The number of nitrogens with two attached hydrogens (primary N) is 1. The Labute approximate surface area is 171 Å². The minimum Gasteiger partial charge on any atom is -0.497 e. The van der Waals surface area contributed by atoms with Gasteiger partial charge in [-0.1, -0.05) is 43.5 Å². The second kappa shape index (κ2) is 7.91. The summed E-state index contributed by atoms with van der Waals surface area (Å²) in [6.07, 6.45) is 6.10. The third-order valence-electron chi connectivity index (χ3n) is 5.55. The van der Waals surface area contributed by atoms with Gasteiger partial charge in [0, 0.05) is 11.6 Å². The molecule has 7 heteroatoms. The highest BCUT2D eigenvalue weighted by atomic mass is 32.2. The van der Waals surface area contributed by atoms with Crippen LogP contribution in [0.4, 0.5) is 5.82 Å². The van der Waals surface area contributed by atoms with Crippen LogP contribution in [0.1, 0.15) is 43.6 Å². The zero-order valence-electron chi connectivity index (χ0n) is 16.4. The third kappa shape index (κ3) is 3.87. The maximum Gasteiger partial charge on any atom is 0.284 e. The van der Waals surface area contributed by atoms with Crippen LogP contribution in [-0.4, -0.2) is 24.7 Å². The number of hydrogen-bond acceptors (Lipinski definition) is 5. The minimum absolute atomic E-state index is 0.0687. The first kappa shape index (κ1) is 19.5. The molecule has 29 heavy (non-hydrogen) atoms. The SMILES string of the molecule is COc1cccc(-c2cc(N)n(S(=O)(=O)c3ccc(C4CCCCC4)cc3)n2)c1. The minimum atomic E-state index is -3.87. The van der Waals surface area contributed by atoms with Crippen LogP contribution in [0, 0.1) is 0 Å². The standard InChI is InChI=1S/C22H25N3O3S/c1-28-19-9-5-8-18(14-19)21-15-22(23)25(24-21)29(26,27)20-12-10-17(11-13-20)16-6-3-2-4-7-16/h5,8-16H,2-4,6-7,23H2,1H3. The summed E-state index contributed by atoms with van der Waals surface area (Å²) in [4.78, 5) is 0.184. The molecule has 2 aromatic carbocycles. The van der Waals surface area contributed by atoms with Crippen molar-refractivity contribution >= 4 is 15.8 Å². The van der Waals surface area contributed by atoms with Gasteiger partial charge in [0.2, 0.25) is 0 Å². The fourth-order valence-corrected chi connectivity index (χ4v) is 5.15. The van der Waals surface area contributed by atoms with E-state index in [0.717, 1.165) is 9.65 Å². The van der Waals surface area contributed by atoms with E-state index in [1.807, 2.05) is 30.3 Å². The molecule has 1 aromatic heterocycles. The van der Waals surface area contributed by atoms with Crippen LogP contribution in [0.15, 0.2) is 59.5 Å². The van der Waals surface area contributed by atoms with E-state index in [-0.39, 0.29) is 10.7 Å². The van der Waals surface area contributed by atoms with E-state index >= 15 is 0 Å². The first-order chi connectivity index (χ1) is 14.0. The van der Waals surface area contributed by atoms with E-state index in [1.165, 1.54) is 37.7 Å². The second-order valence-corrected chi connectivity index (χ2v) is 9.21. The predicted molar refractivity (Wildman–Crippen MR) is 113 cm³/mol. The van der Waals surface area contributed by atoms with Crippen LogP contribution >= 0.6 is 0 Å². The molecule has 152 valence electrons. The molecule has 1 saturated carbocycles. The molecule has 0 spiro atoms. The van der Waals surface area contributed by atoms with Gasteiger partial charge in [-0.05, 0) is 48.6 Å². The Kier molecular flexibility index (Phi) is 5.32. The van der Waals surface area contributed by atoms with Crippen LogP contribution in [-0.2, 0) is 10.0 Å². The summed E-state index contributed by atoms with van der Waals surface area (Å²) in [5, 5.41) is 4.26. The average molecular weight is 412 g/mol. The van der Waals surface area contributed by atoms with Gasteiger partial charge >= 0.3 is 0 Å². The normalized spacial score (nSPS) is 15.3. The number of methoxy groups -OCH3 is 1.